The number of nitrogens with two attached hydrogens (primary N) is 1. The van der Waals surface area contributed by atoms with Gasteiger partial charge in [-0.2, -0.15) is 0 Å². The van der Waals surface area contributed by atoms with Gasteiger partial charge >= 0.3 is 0 Å². The van der Waals surface area contributed by atoms with Crippen LogP contribution in [0.4, 0.5) is 0 Å². The van der Waals surface area contributed by atoms with Crippen molar-refractivity contribution in [3.8, 4) is 0 Å². The van der Waals surface area contributed by atoms with Crippen molar-refractivity contribution >= 4 is 0 Å². The molecule has 0 aromatic heterocycles. The molecule has 0 aliphatic heterocycles. The van der Waals surface area contributed by atoms with Gasteiger partial charge in [0.25, 0.3) is 0 Å². The summed E-state index contributed by atoms with van der Waals surface area (Å²) in [6.45, 7) is 9.58. The van der Waals surface area contributed by atoms with E-state index >= 15 is 0 Å². The number of hydrogen-bond acceptors (Lipinski definition) is 1. The van der Waals surface area contributed by atoms with E-state index in [1.165, 1.54) is 28.7 Å². The molecule has 1 rings (SSSR count). The fraction of sp³-hybridized carbons (Fsp3) is 0.571. The Labute approximate surface area is 93.7 Å². The molecule has 0 fully saturated rings. The van der Waals surface area contributed by atoms with Crippen LogP contribution in [0.5, 0.6) is 0 Å². The number of aryl methyl sites for hydroxylation is 4. The van der Waals surface area contributed by atoms with Gasteiger partial charge < -0.3 is 5.73 Å². The van der Waals surface area contributed by atoms with Crippen LogP contribution in [-0.2, 0) is 6.42 Å². The van der Waals surface area contributed by atoms with Crippen molar-refractivity contribution in [2.24, 2.45) is 11.7 Å². The molecule has 0 bridgehead atoms. The average Bonchev–Trinajstić information content (AvgIpc) is 2.21. The highest BCUT2D eigenvalue weighted by atomic mass is 14.5. The third-order valence-electron chi connectivity index (χ3n) is 3.26. The molecule has 1 aromatic rings. The maximum atomic E-state index is 5.63. The van der Waals surface area contributed by atoms with Gasteiger partial charge in [-0.3, -0.25) is 0 Å². The van der Waals surface area contributed by atoms with Crippen molar-refractivity contribution in [1.82, 2.24) is 0 Å². The van der Waals surface area contributed by atoms with Gasteiger partial charge in [0, 0.05) is 0 Å². The summed E-state index contributed by atoms with van der Waals surface area (Å²) in [7, 11) is 0. The van der Waals surface area contributed by atoms with Gasteiger partial charge in [-0.15, -0.1) is 0 Å². The molecule has 0 heterocycles. The highest BCUT2D eigenvalue weighted by Crippen LogP contribution is 2.18. The van der Waals surface area contributed by atoms with E-state index in [2.05, 4.69) is 39.8 Å². The molecule has 0 saturated heterocycles. The smallest absolute Gasteiger partial charge is 0.00514 e. The Bertz CT molecular complexity index is 328. The minimum Gasteiger partial charge on any atom is -0.330 e. The van der Waals surface area contributed by atoms with Gasteiger partial charge in [0.15, 0.2) is 0 Å². The van der Waals surface area contributed by atoms with Crippen molar-refractivity contribution in [1.29, 1.82) is 0 Å². The Morgan fingerprint density at radius 3 is 2.27 bits per heavy atom. The topological polar surface area (TPSA) is 26.0 Å². The van der Waals surface area contributed by atoms with E-state index in [4.69, 9.17) is 5.73 Å². The van der Waals surface area contributed by atoms with E-state index in [0.29, 0.717) is 5.92 Å². The van der Waals surface area contributed by atoms with Crippen LogP contribution in [0.1, 0.15) is 35.6 Å². The molecule has 0 radical (unpaired) electrons. The number of hydrogen-bond donors (Lipinski definition) is 1. The van der Waals surface area contributed by atoms with Crippen LogP contribution in [0.15, 0.2) is 12.1 Å². The van der Waals surface area contributed by atoms with Crippen LogP contribution in [-0.4, -0.2) is 6.54 Å². The van der Waals surface area contributed by atoms with Crippen molar-refractivity contribution in [2.45, 2.75) is 40.5 Å². The molecule has 1 nitrogen and oxygen atoms in total. The minimum absolute atomic E-state index is 0.631. The van der Waals surface area contributed by atoms with E-state index in [1.807, 2.05) is 0 Å². The van der Waals surface area contributed by atoms with Crippen molar-refractivity contribution in [3.05, 3.63) is 34.4 Å². The molecule has 1 heteroatoms. The van der Waals surface area contributed by atoms with Gasteiger partial charge in [0.2, 0.25) is 0 Å². The van der Waals surface area contributed by atoms with Crippen LogP contribution < -0.4 is 5.73 Å². The predicted molar refractivity (Wildman–Crippen MR) is 67.2 cm³/mol. The first-order valence-corrected chi connectivity index (χ1v) is 5.81. The molecule has 1 unspecified atom stereocenters. The summed E-state index contributed by atoms with van der Waals surface area (Å²) in [5.74, 6) is 0.631. The maximum absolute atomic E-state index is 5.63. The highest BCUT2D eigenvalue weighted by molar-refractivity contribution is 5.36. The zero-order valence-electron chi connectivity index (χ0n) is 10.4. The number of benzene rings is 1. The Kier molecular flexibility index (Phi) is 4.34. The summed E-state index contributed by atoms with van der Waals surface area (Å²) in [4.78, 5) is 0. The van der Waals surface area contributed by atoms with E-state index in [9.17, 15) is 0 Å². The molecule has 1 atom stereocenters. The highest BCUT2D eigenvalue weighted by Gasteiger charge is 2.04. The normalized spacial score (nSPS) is 12.9. The first kappa shape index (κ1) is 12.3. The molecule has 0 amide bonds. The lowest BCUT2D eigenvalue weighted by molar-refractivity contribution is 0.544. The summed E-state index contributed by atoms with van der Waals surface area (Å²) >= 11 is 0. The zero-order valence-corrected chi connectivity index (χ0v) is 10.4. The molecule has 0 saturated carbocycles. The lowest BCUT2D eigenvalue weighted by Crippen LogP contribution is -2.11. The standard InChI is InChI=1S/C14H23N/c1-10(9-15)5-6-14-8-12(3)11(2)7-13(14)4/h7-8,10H,5-6,9,15H2,1-4H3. The second kappa shape index (κ2) is 5.32. The van der Waals surface area contributed by atoms with Crippen LogP contribution in [0, 0.1) is 26.7 Å². The van der Waals surface area contributed by atoms with Crippen LogP contribution in [0.2, 0.25) is 0 Å². The molecular weight excluding hydrogens is 182 g/mol. The van der Waals surface area contributed by atoms with Gasteiger partial charge in [0.1, 0.15) is 0 Å². The molecular formula is C14H23N. The van der Waals surface area contributed by atoms with Crippen molar-refractivity contribution < 1.29 is 0 Å². The Morgan fingerprint density at radius 2 is 1.67 bits per heavy atom. The minimum atomic E-state index is 0.631. The lowest BCUT2D eigenvalue weighted by atomic mass is 9.95. The second-order valence-corrected chi connectivity index (χ2v) is 4.74. The van der Waals surface area contributed by atoms with E-state index in [0.717, 1.165) is 13.0 Å². The summed E-state index contributed by atoms with van der Waals surface area (Å²) in [5.41, 5.74) is 11.3. The molecule has 2 N–H and O–H groups in total. The molecule has 15 heavy (non-hydrogen) atoms. The Hall–Kier alpha value is -0.820. The van der Waals surface area contributed by atoms with Crippen LogP contribution in [0.3, 0.4) is 0 Å². The van der Waals surface area contributed by atoms with Crippen molar-refractivity contribution in [3.63, 3.8) is 0 Å². The fourth-order valence-corrected chi connectivity index (χ4v) is 1.81. The zero-order chi connectivity index (χ0) is 11.4. The lowest BCUT2D eigenvalue weighted by Gasteiger charge is -2.12. The molecule has 0 spiro atoms. The first-order valence-electron chi connectivity index (χ1n) is 5.81. The Morgan fingerprint density at radius 1 is 1.07 bits per heavy atom. The predicted octanol–water partition coefficient (Wildman–Crippen LogP) is 3.14. The summed E-state index contributed by atoms with van der Waals surface area (Å²) in [5, 5.41) is 0. The van der Waals surface area contributed by atoms with Crippen LogP contribution >= 0.6 is 0 Å². The summed E-state index contributed by atoms with van der Waals surface area (Å²) in [6.07, 6.45) is 2.35. The third-order valence-corrected chi connectivity index (χ3v) is 3.26. The summed E-state index contributed by atoms with van der Waals surface area (Å²) < 4.78 is 0. The molecule has 84 valence electrons. The van der Waals surface area contributed by atoms with Gasteiger partial charge in [-0.05, 0) is 68.3 Å². The van der Waals surface area contributed by atoms with Gasteiger partial charge in [-0.1, -0.05) is 19.1 Å². The first-order chi connectivity index (χ1) is 7.04. The largest absolute Gasteiger partial charge is 0.330 e. The second-order valence-electron chi connectivity index (χ2n) is 4.74. The average molecular weight is 205 g/mol. The van der Waals surface area contributed by atoms with Gasteiger partial charge in [-0.25, -0.2) is 0 Å². The van der Waals surface area contributed by atoms with Crippen molar-refractivity contribution in [2.75, 3.05) is 6.54 Å². The molecule has 0 aliphatic carbocycles. The van der Waals surface area contributed by atoms with E-state index in [-0.39, 0.29) is 0 Å². The van der Waals surface area contributed by atoms with E-state index in [1.54, 1.807) is 0 Å². The van der Waals surface area contributed by atoms with Gasteiger partial charge in [0.05, 0.1) is 0 Å². The SMILES string of the molecule is Cc1cc(C)c(CCC(C)CN)cc1C. The third kappa shape index (κ3) is 3.35. The molecule has 0 aliphatic rings. The van der Waals surface area contributed by atoms with E-state index < -0.39 is 0 Å². The quantitative estimate of drug-likeness (QED) is 0.803. The fourth-order valence-electron chi connectivity index (χ4n) is 1.81. The number of rotatable bonds is 4. The van der Waals surface area contributed by atoms with Crippen LogP contribution in [0.25, 0.3) is 0 Å². The monoisotopic (exact) mass is 205 g/mol. The molecule has 1 aromatic carbocycles. The Balaban J connectivity index is 2.73. The maximum Gasteiger partial charge on any atom is -0.00514 e. The summed E-state index contributed by atoms with van der Waals surface area (Å²) in [6, 6.07) is 4.62.